The van der Waals surface area contributed by atoms with Crippen molar-refractivity contribution in [2.24, 2.45) is 0 Å². The Balaban J connectivity index is 2.33. The smallest absolute Gasteiger partial charge is 0.338 e. The Morgan fingerprint density at radius 3 is 2.25 bits per heavy atom. The van der Waals surface area contributed by atoms with E-state index >= 15 is 0 Å². The minimum absolute atomic E-state index is 0.268. The molecule has 0 aliphatic heterocycles. The van der Waals surface area contributed by atoms with E-state index in [1.165, 1.54) is 37.8 Å². The number of benzene rings is 1. The summed E-state index contributed by atoms with van der Waals surface area (Å²) in [6.45, 7) is 2.61. The molecular formula is C15H21Cl2NO2. The zero-order valence-corrected chi connectivity index (χ0v) is 13.3. The van der Waals surface area contributed by atoms with Gasteiger partial charge in [-0.05, 0) is 18.6 Å². The number of nitrogen functional groups attached to an aromatic ring is 1. The van der Waals surface area contributed by atoms with Crippen molar-refractivity contribution in [3.63, 3.8) is 0 Å². The van der Waals surface area contributed by atoms with Crippen LogP contribution in [0.2, 0.25) is 10.0 Å². The highest BCUT2D eigenvalue weighted by Crippen LogP contribution is 2.29. The Bertz CT molecular complexity index is 426. The van der Waals surface area contributed by atoms with E-state index in [0.29, 0.717) is 12.2 Å². The van der Waals surface area contributed by atoms with E-state index in [4.69, 9.17) is 33.7 Å². The van der Waals surface area contributed by atoms with Crippen molar-refractivity contribution in [1.29, 1.82) is 0 Å². The highest BCUT2D eigenvalue weighted by molar-refractivity contribution is 6.39. The van der Waals surface area contributed by atoms with Gasteiger partial charge in [0, 0.05) is 0 Å². The fraction of sp³-hybridized carbons (Fsp3) is 0.533. The van der Waals surface area contributed by atoms with Gasteiger partial charge in [0.25, 0.3) is 0 Å². The number of esters is 1. The van der Waals surface area contributed by atoms with Crippen LogP contribution in [0.1, 0.15) is 55.8 Å². The van der Waals surface area contributed by atoms with Gasteiger partial charge in [-0.25, -0.2) is 4.79 Å². The highest BCUT2D eigenvalue weighted by Gasteiger charge is 2.12. The van der Waals surface area contributed by atoms with Gasteiger partial charge in [-0.3, -0.25) is 0 Å². The van der Waals surface area contributed by atoms with Crippen LogP contribution in [0.5, 0.6) is 0 Å². The Morgan fingerprint density at radius 1 is 1.10 bits per heavy atom. The van der Waals surface area contributed by atoms with Crippen LogP contribution in [0.4, 0.5) is 5.69 Å². The van der Waals surface area contributed by atoms with E-state index in [2.05, 4.69) is 6.92 Å². The minimum Gasteiger partial charge on any atom is -0.462 e. The molecule has 0 unspecified atom stereocenters. The van der Waals surface area contributed by atoms with E-state index < -0.39 is 5.97 Å². The summed E-state index contributed by atoms with van der Waals surface area (Å²) in [4.78, 5) is 11.8. The number of hydrogen-bond donors (Lipinski definition) is 1. The average Bonchev–Trinajstić information content (AvgIpc) is 2.43. The Morgan fingerprint density at radius 2 is 1.65 bits per heavy atom. The maximum atomic E-state index is 11.8. The van der Waals surface area contributed by atoms with Gasteiger partial charge in [0.05, 0.1) is 27.9 Å². The van der Waals surface area contributed by atoms with Crippen molar-refractivity contribution in [2.45, 2.75) is 45.4 Å². The van der Waals surface area contributed by atoms with E-state index in [9.17, 15) is 4.79 Å². The SMILES string of the molecule is CCCCCCCCOC(=O)c1cc(Cl)c(N)c(Cl)c1. The van der Waals surface area contributed by atoms with E-state index in [-0.39, 0.29) is 15.7 Å². The van der Waals surface area contributed by atoms with Gasteiger partial charge in [-0.1, -0.05) is 62.2 Å². The van der Waals surface area contributed by atoms with Crippen molar-refractivity contribution in [1.82, 2.24) is 0 Å². The number of carbonyl (C=O) groups excluding carboxylic acids is 1. The normalized spacial score (nSPS) is 10.6. The lowest BCUT2D eigenvalue weighted by molar-refractivity contribution is 0.0497. The summed E-state index contributed by atoms with van der Waals surface area (Å²) in [6.07, 6.45) is 6.89. The number of rotatable bonds is 8. The van der Waals surface area contributed by atoms with Crippen LogP contribution >= 0.6 is 23.2 Å². The second-order valence-electron chi connectivity index (χ2n) is 4.76. The molecule has 20 heavy (non-hydrogen) atoms. The second kappa shape index (κ2) is 9.09. The summed E-state index contributed by atoms with van der Waals surface area (Å²) >= 11 is 11.8. The fourth-order valence-corrected chi connectivity index (χ4v) is 2.32. The number of carbonyl (C=O) groups is 1. The number of hydrogen-bond acceptors (Lipinski definition) is 3. The van der Waals surface area contributed by atoms with E-state index in [0.717, 1.165) is 12.8 Å². The highest BCUT2D eigenvalue weighted by atomic mass is 35.5. The van der Waals surface area contributed by atoms with Crippen molar-refractivity contribution >= 4 is 34.9 Å². The third-order valence-corrected chi connectivity index (χ3v) is 3.67. The van der Waals surface area contributed by atoms with Crippen molar-refractivity contribution in [3.05, 3.63) is 27.7 Å². The molecule has 2 N–H and O–H groups in total. The predicted molar refractivity (Wildman–Crippen MR) is 84.5 cm³/mol. The van der Waals surface area contributed by atoms with Gasteiger partial charge in [0.1, 0.15) is 0 Å². The summed E-state index contributed by atoms with van der Waals surface area (Å²) in [5.41, 5.74) is 6.23. The molecule has 0 fully saturated rings. The molecule has 1 aromatic rings. The van der Waals surface area contributed by atoms with Gasteiger partial charge in [0.2, 0.25) is 0 Å². The molecule has 0 spiro atoms. The molecule has 0 atom stereocenters. The number of halogens is 2. The first kappa shape index (κ1) is 17.1. The molecule has 0 amide bonds. The van der Waals surface area contributed by atoms with Crippen LogP contribution in [0.25, 0.3) is 0 Å². The number of nitrogens with two attached hydrogens (primary N) is 1. The molecule has 0 aromatic heterocycles. The first-order valence-corrected chi connectivity index (χ1v) is 7.73. The minimum atomic E-state index is -0.414. The molecule has 0 aliphatic carbocycles. The molecule has 3 nitrogen and oxygen atoms in total. The number of anilines is 1. The molecule has 0 saturated heterocycles. The summed E-state index contributed by atoms with van der Waals surface area (Å²) in [7, 11) is 0. The predicted octanol–water partition coefficient (Wildman–Crippen LogP) is 5.09. The molecule has 0 aliphatic rings. The van der Waals surface area contributed by atoms with Crippen LogP contribution in [0.3, 0.4) is 0 Å². The lowest BCUT2D eigenvalue weighted by Gasteiger charge is -2.07. The van der Waals surface area contributed by atoms with Crippen LogP contribution in [0, 0.1) is 0 Å². The van der Waals surface area contributed by atoms with Crippen molar-refractivity contribution in [3.8, 4) is 0 Å². The molecule has 0 bridgehead atoms. The fourth-order valence-electron chi connectivity index (χ4n) is 1.83. The molecule has 1 aromatic carbocycles. The molecular weight excluding hydrogens is 297 g/mol. The molecule has 0 heterocycles. The van der Waals surface area contributed by atoms with Gasteiger partial charge in [0.15, 0.2) is 0 Å². The monoisotopic (exact) mass is 317 g/mol. The maximum Gasteiger partial charge on any atom is 0.338 e. The van der Waals surface area contributed by atoms with Gasteiger partial charge >= 0.3 is 5.97 Å². The third-order valence-electron chi connectivity index (χ3n) is 3.05. The largest absolute Gasteiger partial charge is 0.462 e. The van der Waals surface area contributed by atoms with Crippen LogP contribution in [-0.4, -0.2) is 12.6 Å². The molecule has 0 saturated carbocycles. The maximum absolute atomic E-state index is 11.8. The van der Waals surface area contributed by atoms with Crippen LogP contribution in [-0.2, 0) is 4.74 Å². The first-order valence-electron chi connectivity index (χ1n) is 6.98. The standard InChI is InChI=1S/C15H21Cl2NO2/c1-2-3-4-5-6-7-8-20-15(19)11-9-12(16)14(18)13(17)10-11/h9-10H,2-8,18H2,1H3. The van der Waals surface area contributed by atoms with Crippen molar-refractivity contribution in [2.75, 3.05) is 12.3 Å². The Kier molecular flexibility index (Phi) is 7.78. The zero-order valence-electron chi connectivity index (χ0n) is 11.8. The topological polar surface area (TPSA) is 52.3 Å². The Labute approximate surface area is 130 Å². The quantitative estimate of drug-likeness (QED) is 0.412. The summed E-state index contributed by atoms with van der Waals surface area (Å²) in [6, 6.07) is 2.96. The van der Waals surface area contributed by atoms with Crippen LogP contribution in [0.15, 0.2) is 12.1 Å². The summed E-state index contributed by atoms with van der Waals surface area (Å²) in [5.74, 6) is -0.414. The lowest BCUT2D eigenvalue weighted by Crippen LogP contribution is -2.07. The van der Waals surface area contributed by atoms with E-state index in [1.807, 2.05) is 0 Å². The summed E-state index contributed by atoms with van der Waals surface area (Å²) < 4.78 is 5.19. The third kappa shape index (κ3) is 5.59. The molecule has 112 valence electrons. The van der Waals surface area contributed by atoms with Crippen molar-refractivity contribution < 1.29 is 9.53 Å². The Hall–Kier alpha value is -0.930. The first-order chi connectivity index (χ1) is 9.56. The molecule has 5 heteroatoms. The van der Waals surface area contributed by atoms with Gasteiger partial charge in [-0.15, -0.1) is 0 Å². The lowest BCUT2D eigenvalue weighted by atomic mass is 10.1. The van der Waals surface area contributed by atoms with E-state index in [1.54, 1.807) is 0 Å². The number of ether oxygens (including phenoxy) is 1. The second-order valence-corrected chi connectivity index (χ2v) is 5.57. The number of unbranched alkanes of at least 4 members (excludes halogenated alkanes) is 5. The molecule has 0 radical (unpaired) electrons. The van der Waals surface area contributed by atoms with Crippen LogP contribution < -0.4 is 5.73 Å². The molecule has 1 rings (SSSR count). The van der Waals surface area contributed by atoms with Gasteiger partial charge in [-0.2, -0.15) is 0 Å². The summed E-state index contributed by atoms with van der Waals surface area (Å²) in [5, 5.41) is 0.535. The average molecular weight is 318 g/mol. The zero-order chi connectivity index (χ0) is 15.0. The van der Waals surface area contributed by atoms with Gasteiger partial charge < -0.3 is 10.5 Å².